The highest BCUT2D eigenvalue weighted by atomic mass is 32.2. The van der Waals surface area contributed by atoms with Gasteiger partial charge in [0.15, 0.2) is 9.84 Å². The fraction of sp³-hybridized carbons (Fsp3) is 0.615. The molecule has 0 bridgehead atoms. The van der Waals surface area contributed by atoms with Crippen molar-refractivity contribution in [3.05, 3.63) is 11.4 Å². The smallest absolute Gasteiger partial charge is 0.376 e. The van der Waals surface area contributed by atoms with Gasteiger partial charge in [0.2, 0.25) is 5.91 Å². The summed E-state index contributed by atoms with van der Waals surface area (Å²) >= 11 is 0.844. The first-order valence-corrected chi connectivity index (χ1v) is 9.70. The molecule has 2 heterocycles. The number of rotatable bonds is 5. The van der Waals surface area contributed by atoms with E-state index in [9.17, 15) is 26.4 Å². The number of ether oxygens (including phenoxy) is 2. The van der Waals surface area contributed by atoms with E-state index < -0.39 is 40.4 Å². The molecular weight excluding hydrogens is 371 g/mol. The monoisotopic (exact) mass is 387 g/mol. The van der Waals surface area contributed by atoms with Crippen molar-refractivity contribution in [2.75, 3.05) is 31.4 Å². The van der Waals surface area contributed by atoms with Crippen molar-refractivity contribution in [1.82, 2.24) is 0 Å². The average Bonchev–Trinajstić information content (AvgIpc) is 2.92. The molecule has 1 saturated heterocycles. The van der Waals surface area contributed by atoms with Gasteiger partial charge in [0.25, 0.3) is 0 Å². The lowest BCUT2D eigenvalue weighted by molar-refractivity contribution is -0.192. The average molecular weight is 387 g/mol. The number of alkyl halides is 3. The minimum absolute atomic E-state index is 0.0204. The number of sulfone groups is 1. The van der Waals surface area contributed by atoms with Crippen molar-refractivity contribution in [2.45, 2.75) is 23.6 Å². The number of hydrogen-bond donors (Lipinski definition) is 1. The molecule has 0 aromatic carbocycles. The summed E-state index contributed by atoms with van der Waals surface area (Å²) in [6, 6.07) is 1.23. The molecule has 1 N–H and O–H groups in total. The van der Waals surface area contributed by atoms with Gasteiger partial charge in [0.05, 0.1) is 25.9 Å². The molecule has 6 nitrogen and oxygen atoms in total. The van der Waals surface area contributed by atoms with Crippen molar-refractivity contribution in [3.8, 4) is 0 Å². The lowest BCUT2D eigenvalue weighted by atomic mass is 9.99. The second-order valence-electron chi connectivity index (χ2n) is 5.27. The van der Waals surface area contributed by atoms with Gasteiger partial charge in [-0.25, -0.2) is 8.42 Å². The highest BCUT2D eigenvalue weighted by molar-refractivity contribution is 7.91. The van der Waals surface area contributed by atoms with Crippen molar-refractivity contribution >= 4 is 32.1 Å². The zero-order valence-corrected chi connectivity index (χ0v) is 14.3. The van der Waals surface area contributed by atoms with Gasteiger partial charge in [-0.2, -0.15) is 13.2 Å². The minimum atomic E-state index is -4.78. The molecule has 1 aliphatic rings. The SMILES string of the molecule is CS(=O)(=O)c1ccsc1NC(=O)C(CC1COCCO1)C(F)(F)F. The zero-order valence-electron chi connectivity index (χ0n) is 12.6. The molecule has 1 aromatic rings. The normalized spacial score (nSPS) is 20.6. The van der Waals surface area contributed by atoms with Gasteiger partial charge in [-0.1, -0.05) is 0 Å². The first-order chi connectivity index (χ1) is 11.1. The van der Waals surface area contributed by atoms with E-state index >= 15 is 0 Å². The van der Waals surface area contributed by atoms with Gasteiger partial charge < -0.3 is 14.8 Å². The first kappa shape index (κ1) is 19.2. The van der Waals surface area contributed by atoms with Crippen molar-refractivity contribution in [2.24, 2.45) is 5.92 Å². The Labute approximate surface area is 140 Å². The number of hydrogen-bond acceptors (Lipinski definition) is 6. The Morgan fingerprint density at radius 3 is 2.71 bits per heavy atom. The third kappa shape index (κ3) is 4.91. The predicted octanol–water partition coefficient (Wildman–Crippen LogP) is 2.07. The Kier molecular flexibility index (Phi) is 5.89. The van der Waals surface area contributed by atoms with Crippen LogP contribution in [-0.4, -0.2) is 52.7 Å². The van der Waals surface area contributed by atoms with E-state index in [1.807, 2.05) is 0 Å². The largest absolute Gasteiger partial charge is 0.400 e. The Balaban J connectivity index is 2.15. The maximum atomic E-state index is 13.2. The van der Waals surface area contributed by atoms with E-state index in [0.717, 1.165) is 17.6 Å². The summed E-state index contributed by atoms with van der Waals surface area (Å²) in [6.45, 7) is 0.444. The zero-order chi connectivity index (χ0) is 18.0. The van der Waals surface area contributed by atoms with E-state index in [1.54, 1.807) is 0 Å². The highest BCUT2D eigenvalue weighted by Gasteiger charge is 2.46. The number of halogens is 3. The Hall–Kier alpha value is -1.17. The Morgan fingerprint density at radius 1 is 1.46 bits per heavy atom. The minimum Gasteiger partial charge on any atom is -0.376 e. The molecule has 1 aromatic heterocycles. The summed E-state index contributed by atoms with van der Waals surface area (Å²) in [5, 5.41) is 3.33. The van der Waals surface area contributed by atoms with Crippen molar-refractivity contribution in [3.63, 3.8) is 0 Å². The number of thiophene rings is 1. The van der Waals surface area contributed by atoms with Gasteiger partial charge in [-0.05, 0) is 17.9 Å². The summed E-state index contributed by atoms with van der Waals surface area (Å²) in [6.07, 6.45) is -5.30. The van der Waals surface area contributed by atoms with Crippen LogP contribution in [0.1, 0.15) is 6.42 Å². The number of carbonyl (C=O) groups excluding carboxylic acids is 1. The molecule has 1 fully saturated rings. The Morgan fingerprint density at radius 2 is 2.17 bits per heavy atom. The van der Waals surface area contributed by atoms with E-state index in [1.165, 1.54) is 11.4 Å². The fourth-order valence-electron chi connectivity index (χ4n) is 2.20. The summed E-state index contributed by atoms with van der Waals surface area (Å²) in [5.74, 6) is -3.64. The van der Waals surface area contributed by atoms with Gasteiger partial charge in [-0.3, -0.25) is 4.79 Å². The summed E-state index contributed by atoms with van der Waals surface area (Å²) < 4.78 is 73.0. The lowest BCUT2D eigenvalue weighted by Gasteiger charge is -2.27. The number of amides is 1. The molecule has 2 rings (SSSR count). The second kappa shape index (κ2) is 7.38. The van der Waals surface area contributed by atoms with E-state index in [-0.39, 0.29) is 23.1 Å². The van der Waals surface area contributed by atoms with E-state index in [0.29, 0.717) is 6.61 Å². The van der Waals surface area contributed by atoms with Crippen LogP contribution >= 0.6 is 11.3 Å². The molecule has 2 unspecified atom stereocenters. The molecule has 11 heteroatoms. The van der Waals surface area contributed by atoms with Gasteiger partial charge in [0, 0.05) is 6.26 Å². The van der Waals surface area contributed by atoms with Crippen LogP contribution in [0.5, 0.6) is 0 Å². The molecule has 1 aliphatic heterocycles. The van der Waals surface area contributed by atoms with Crippen LogP contribution in [0.3, 0.4) is 0 Å². The Bertz CT molecular complexity index is 680. The molecule has 0 radical (unpaired) electrons. The molecule has 0 aliphatic carbocycles. The van der Waals surface area contributed by atoms with E-state index in [4.69, 9.17) is 9.47 Å². The topological polar surface area (TPSA) is 81.7 Å². The number of carbonyl (C=O) groups is 1. The van der Waals surface area contributed by atoms with Crippen LogP contribution in [-0.2, 0) is 24.1 Å². The number of anilines is 1. The predicted molar refractivity (Wildman–Crippen MR) is 80.8 cm³/mol. The van der Waals surface area contributed by atoms with Gasteiger partial charge >= 0.3 is 6.18 Å². The molecule has 0 saturated carbocycles. The van der Waals surface area contributed by atoms with Crippen molar-refractivity contribution < 1.29 is 35.9 Å². The van der Waals surface area contributed by atoms with Crippen LogP contribution in [0.15, 0.2) is 16.3 Å². The molecule has 24 heavy (non-hydrogen) atoms. The highest BCUT2D eigenvalue weighted by Crippen LogP contribution is 2.34. The second-order valence-corrected chi connectivity index (χ2v) is 8.17. The van der Waals surface area contributed by atoms with Gasteiger partial charge in [-0.15, -0.1) is 11.3 Å². The summed E-state index contributed by atoms with van der Waals surface area (Å²) in [4.78, 5) is 11.9. The third-order valence-corrected chi connectivity index (χ3v) is 5.46. The van der Waals surface area contributed by atoms with Gasteiger partial charge in [0.1, 0.15) is 15.8 Å². The molecule has 2 atom stereocenters. The molecule has 136 valence electrons. The summed E-state index contributed by atoms with van der Waals surface area (Å²) in [7, 11) is -3.65. The molecule has 1 amide bonds. The summed E-state index contributed by atoms with van der Waals surface area (Å²) in [5.41, 5.74) is 0. The van der Waals surface area contributed by atoms with Crippen molar-refractivity contribution in [1.29, 1.82) is 0 Å². The third-order valence-electron chi connectivity index (χ3n) is 3.36. The standard InChI is InChI=1S/C13H16F3NO5S2/c1-24(19,20)10-2-5-23-12(10)17-11(18)9(13(14,15)16)6-8-7-21-3-4-22-8/h2,5,8-9H,3-4,6-7H2,1H3,(H,17,18). The maximum absolute atomic E-state index is 13.2. The lowest BCUT2D eigenvalue weighted by Crippen LogP contribution is -2.40. The van der Waals surface area contributed by atoms with Crippen LogP contribution in [0.2, 0.25) is 0 Å². The van der Waals surface area contributed by atoms with Crippen LogP contribution in [0.25, 0.3) is 0 Å². The first-order valence-electron chi connectivity index (χ1n) is 6.93. The fourth-order valence-corrected chi connectivity index (χ4v) is 4.28. The quantitative estimate of drug-likeness (QED) is 0.837. The molecular formula is C13H16F3NO5S2. The van der Waals surface area contributed by atoms with E-state index in [2.05, 4.69) is 5.32 Å². The molecule has 0 spiro atoms. The number of nitrogens with one attached hydrogen (secondary N) is 1. The maximum Gasteiger partial charge on any atom is 0.400 e. The van der Waals surface area contributed by atoms with Crippen LogP contribution in [0, 0.1) is 5.92 Å². The van der Waals surface area contributed by atoms with Crippen LogP contribution < -0.4 is 5.32 Å². The van der Waals surface area contributed by atoms with Crippen LogP contribution in [0.4, 0.5) is 18.2 Å².